The van der Waals surface area contributed by atoms with Crippen LogP contribution < -0.4 is 0 Å². The van der Waals surface area contributed by atoms with E-state index >= 15 is 0 Å². The lowest BCUT2D eigenvalue weighted by Crippen LogP contribution is -2.36. The lowest BCUT2D eigenvalue weighted by atomic mass is 10.1. The summed E-state index contributed by atoms with van der Waals surface area (Å²) in [7, 11) is 0. The molecule has 1 rings (SSSR count). The Morgan fingerprint density at radius 2 is 2.10 bits per heavy atom. The molecule has 1 unspecified atom stereocenters. The number of rotatable bonds is 6. The summed E-state index contributed by atoms with van der Waals surface area (Å²) in [4.78, 5) is 34.5. The standard InChI is InChI=1S/C13H15ClN2O5/c1-3-15(7-8(2)13(18)19)12(17)10-5-4-9(16(20)21)6-11(10)14/h4-6,8H,3,7H2,1-2H3,(H,18,19). The number of nitrogens with zero attached hydrogens (tertiary/aromatic N) is 2. The van der Waals surface area contributed by atoms with Crippen molar-refractivity contribution in [2.45, 2.75) is 13.8 Å². The van der Waals surface area contributed by atoms with Crippen molar-refractivity contribution in [1.82, 2.24) is 4.90 Å². The van der Waals surface area contributed by atoms with Crippen LogP contribution >= 0.6 is 11.6 Å². The van der Waals surface area contributed by atoms with Crippen LogP contribution in [0.3, 0.4) is 0 Å². The van der Waals surface area contributed by atoms with Crippen molar-refractivity contribution in [1.29, 1.82) is 0 Å². The van der Waals surface area contributed by atoms with E-state index < -0.39 is 22.7 Å². The Balaban J connectivity index is 3.00. The summed E-state index contributed by atoms with van der Waals surface area (Å²) >= 11 is 5.90. The molecule has 1 N–H and O–H groups in total. The highest BCUT2D eigenvalue weighted by Crippen LogP contribution is 2.24. The van der Waals surface area contributed by atoms with Crippen LogP contribution in [0.4, 0.5) is 5.69 Å². The molecule has 0 saturated heterocycles. The quantitative estimate of drug-likeness (QED) is 0.642. The van der Waals surface area contributed by atoms with Crippen LogP contribution in [-0.2, 0) is 4.79 Å². The first kappa shape index (κ1) is 16.9. The average Bonchev–Trinajstić information content (AvgIpc) is 2.43. The highest BCUT2D eigenvalue weighted by atomic mass is 35.5. The fourth-order valence-corrected chi connectivity index (χ4v) is 1.98. The van der Waals surface area contributed by atoms with E-state index in [-0.39, 0.29) is 22.8 Å². The molecule has 0 heterocycles. The second kappa shape index (κ2) is 7.03. The minimum Gasteiger partial charge on any atom is -0.481 e. The van der Waals surface area contributed by atoms with Gasteiger partial charge in [0.1, 0.15) is 0 Å². The number of carboxylic acid groups (broad SMARTS) is 1. The lowest BCUT2D eigenvalue weighted by molar-refractivity contribution is -0.384. The Labute approximate surface area is 126 Å². The monoisotopic (exact) mass is 314 g/mol. The second-order valence-electron chi connectivity index (χ2n) is 4.50. The van der Waals surface area contributed by atoms with Crippen LogP contribution in [0.25, 0.3) is 0 Å². The summed E-state index contributed by atoms with van der Waals surface area (Å²) in [5.74, 6) is -2.17. The van der Waals surface area contributed by atoms with Crippen molar-refractivity contribution in [3.63, 3.8) is 0 Å². The zero-order valence-corrected chi connectivity index (χ0v) is 12.3. The topological polar surface area (TPSA) is 101 Å². The molecule has 114 valence electrons. The number of hydrogen-bond acceptors (Lipinski definition) is 4. The van der Waals surface area contributed by atoms with Crippen LogP contribution in [0.1, 0.15) is 24.2 Å². The zero-order chi connectivity index (χ0) is 16.2. The van der Waals surface area contributed by atoms with Gasteiger partial charge in [0, 0.05) is 25.2 Å². The predicted octanol–water partition coefficient (Wildman–Crippen LogP) is 2.43. The fourth-order valence-electron chi connectivity index (χ4n) is 1.73. The molecule has 0 aliphatic heterocycles. The normalized spacial score (nSPS) is 11.8. The zero-order valence-electron chi connectivity index (χ0n) is 11.6. The number of aliphatic carboxylic acids is 1. The maximum atomic E-state index is 12.3. The molecule has 0 bridgehead atoms. The Kier molecular flexibility index (Phi) is 5.66. The molecule has 0 radical (unpaired) electrons. The molecule has 0 aliphatic rings. The van der Waals surface area contributed by atoms with Gasteiger partial charge >= 0.3 is 5.97 Å². The molecule has 0 aromatic heterocycles. The van der Waals surface area contributed by atoms with E-state index in [0.29, 0.717) is 6.54 Å². The van der Waals surface area contributed by atoms with Crippen LogP contribution in [0.5, 0.6) is 0 Å². The van der Waals surface area contributed by atoms with E-state index in [4.69, 9.17) is 16.7 Å². The van der Waals surface area contributed by atoms with Crippen LogP contribution in [0, 0.1) is 16.0 Å². The number of nitro benzene ring substituents is 1. The summed E-state index contributed by atoms with van der Waals surface area (Å²) in [6, 6.07) is 3.56. The van der Waals surface area contributed by atoms with Gasteiger partial charge in [0.15, 0.2) is 0 Å². The number of carbonyl (C=O) groups is 2. The largest absolute Gasteiger partial charge is 0.481 e. The third-order valence-electron chi connectivity index (χ3n) is 2.98. The van der Waals surface area contributed by atoms with Crippen LogP contribution in [0.15, 0.2) is 18.2 Å². The minimum atomic E-state index is -1.00. The van der Waals surface area contributed by atoms with Gasteiger partial charge in [-0.25, -0.2) is 0 Å². The SMILES string of the molecule is CCN(CC(C)C(=O)O)C(=O)c1ccc([N+](=O)[O-])cc1Cl. The van der Waals surface area contributed by atoms with Crippen molar-refractivity contribution < 1.29 is 19.6 Å². The van der Waals surface area contributed by atoms with Gasteiger partial charge in [0.2, 0.25) is 0 Å². The van der Waals surface area contributed by atoms with Crippen molar-refractivity contribution >= 4 is 29.2 Å². The van der Waals surface area contributed by atoms with Gasteiger partial charge in [0.25, 0.3) is 11.6 Å². The summed E-state index contributed by atoms with van der Waals surface area (Å²) < 4.78 is 0. The number of halogens is 1. The molecule has 1 aromatic rings. The number of hydrogen-bond donors (Lipinski definition) is 1. The molecular formula is C13H15ClN2O5. The summed E-state index contributed by atoms with van der Waals surface area (Å²) in [6.45, 7) is 3.56. The van der Waals surface area contributed by atoms with Crippen LogP contribution in [-0.4, -0.2) is 39.9 Å². The molecule has 7 nitrogen and oxygen atoms in total. The summed E-state index contributed by atoms with van der Waals surface area (Å²) in [5.41, 5.74) is -0.0970. The number of non-ortho nitro benzene ring substituents is 1. The van der Waals surface area contributed by atoms with Crippen molar-refractivity contribution in [2.24, 2.45) is 5.92 Å². The Bertz CT molecular complexity index is 576. The van der Waals surface area contributed by atoms with E-state index in [9.17, 15) is 19.7 Å². The fraction of sp³-hybridized carbons (Fsp3) is 0.385. The molecule has 0 saturated carbocycles. The predicted molar refractivity (Wildman–Crippen MR) is 76.5 cm³/mol. The maximum Gasteiger partial charge on any atom is 0.308 e. The summed E-state index contributed by atoms with van der Waals surface area (Å²) in [6.07, 6.45) is 0. The molecule has 21 heavy (non-hydrogen) atoms. The third kappa shape index (κ3) is 4.16. The van der Waals surface area contributed by atoms with E-state index in [0.717, 1.165) is 6.07 Å². The smallest absolute Gasteiger partial charge is 0.308 e. The van der Waals surface area contributed by atoms with Crippen molar-refractivity contribution in [2.75, 3.05) is 13.1 Å². The number of amides is 1. The molecule has 8 heteroatoms. The minimum absolute atomic E-state index is 0.0318. The Hall–Kier alpha value is -2.15. The van der Waals surface area contributed by atoms with E-state index in [2.05, 4.69) is 0 Å². The Morgan fingerprint density at radius 3 is 2.52 bits per heavy atom. The second-order valence-corrected chi connectivity index (χ2v) is 4.91. The number of carboxylic acids is 1. The first-order valence-electron chi connectivity index (χ1n) is 6.24. The van der Waals surface area contributed by atoms with Crippen molar-refractivity contribution in [3.05, 3.63) is 38.9 Å². The van der Waals surface area contributed by atoms with Gasteiger partial charge in [-0.15, -0.1) is 0 Å². The number of carbonyl (C=O) groups excluding carboxylic acids is 1. The van der Waals surface area contributed by atoms with E-state index in [1.807, 2.05) is 0 Å². The molecule has 0 spiro atoms. The molecule has 1 atom stereocenters. The highest BCUT2D eigenvalue weighted by molar-refractivity contribution is 6.34. The van der Waals surface area contributed by atoms with E-state index in [1.54, 1.807) is 6.92 Å². The first-order valence-corrected chi connectivity index (χ1v) is 6.61. The van der Waals surface area contributed by atoms with Gasteiger partial charge in [-0.1, -0.05) is 18.5 Å². The molecule has 0 fully saturated rings. The summed E-state index contributed by atoms with van der Waals surface area (Å²) in [5, 5.41) is 19.5. The lowest BCUT2D eigenvalue weighted by Gasteiger charge is -2.23. The van der Waals surface area contributed by atoms with E-state index in [1.165, 1.54) is 24.0 Å². The molecule has 1 amide bonds. The average molecular weight is 315 g/mol. The molecule has 1 aromatic carbocycles. The van der Waals surface area contributed by atoms with Gasteiger partial charge in [-0.3, -0.25) is 19.7 Å². The van der Waals surface area contributed by atoms with Crippen molar-refractivity contribution in [3.8, 4) is 0 Å². The van der Waals surface area contributed by atoms with Gasteiger partial charge in [-0.2, -0.15) is 0 Å². The third-order valence-corrected chi connectivity index (χ3v) is 3.29. The van der Waals surface area contributed by atoms with Gasteiger partial charge in [-0.05, 0) is 13.0 Å². The Morgan fingerprint density at radius 1 is 1.48 bits per heavy atom. The number of nitro groups is 1. The van der Waals surface area contributed by atoms with Crippen LogP contribution in [0.2, 0.25) is 5.02 Å². The number of benzene rings is 1. The molecular weight excluding hydrogens is 300 g/mol. The first-order chi connectivity index (χ1) is 9.77. The van der Waals surface area contributed by atoms with Gasteiger partial charge < -0.3 is 10.0 Å². The maximum absolute atomic E-state index is 12.3. The van der Waals surface area contributed by atoms with Gasteiger partial charge in [0.05, 0.1) is 21.4 Å². The molecule has 0 aliphatic carbocycles. The highest BCUT2D eigenvalue weighted by Gasteiger charge is 2.23.